The minimum absolute atomic E-state index is 0.166. The van der Waals surface area contributed by atoms with Gasteiger partial charge in [0.2, 0.25) is 0 Å². The fourth-order valence-electron chi connectivity index (χ4n) is 2.91. The molecule has 0 bridgehead atoms. The highest BCUT2D eigenvalue weighted by Gasteiger charge is 2.30. The summed E-state index contributed by atoms with van der Waals surface area (Å²) in [5.41, 5.74) is 0.144. The van der Waals surface area contributed by atoms with Crippen molar-refractivity contribution in [3.63, 3.8) is 0 Å². The highest BCUT2D eigenvalue weighted by molar-refractivity contribution is 5.26. The molecular formula is C16H23F3N2O. The average Bonchev–Trinajstić information content (AvgIpc) is 2.48. The summed E-state index contributed by atoms with van der Waals surface area (Å²) in [6.07, 6.45) is -3.67. The first-order valence-electron chi connectivity index (χ1n) is 7.63. The van der Waals surface area contributed by atoms with E-state index >= 15 is 0 Å². The number of β-amino-alcohol motifs (C(OH)–C–C–N with tert-alkyl or cyclic N) is 1. The molecule has 1 atom stereocenters. The van der Waals surface area contributed by atoms with Crippen LogP contribution in [0.4, 0.5) is 13.2 Å². The Hall–Kier alpha value is -1.11. The van der Waals surface area contributed by atoms with Gasteiger partial charge >= 0.3 is 6.18 Å². The summed E-state index contributed by atoms with van der Waals surface area (Å²) >= 11 is 0. The van der Waals surface area contributed by atoms with Crippen molar-refractivity contribution in [3.05, 3.63) is 35.4 Å². The Labute approximate surface area is 129 Å². The van der Waals surface area contributed by atoms with Crippen molar-refractivity contribution in [2.75, 3.05) is 39.3 Å². The van der Waals surface area contributed by atoms with Gasteiger partial charge in [0.25, 0.3) is 0 Å². The first-order valence-corrected chi connectivity index (χ1v) is 7.63. The third kappa shape index (κ3) is 4.69. The summed E-state index contributed by atoms with van der Waals surface area (Å²) in [5.74, 6) is 0. The third-order valence-corrected chi connectivity index (χ3v) is 4.23. The molecule has 1 aromatic rings. The normalized spacial score (nSPS) is 19.3. The van der Waals surface area contributed by atoms with Crippen LogP contribution in [0.2, 0.25) is 0 Å². The van der Waals surface area contributed by atoms with Crippen LogP contribution >= 0.6 is 0 Å². The Morgan fingerprint density at radius 2 is 1.86 bits per heavy atom. The lowest BCUT2D eigenvalue weighted by molar-refractivity contribution is -0.137. The Kier molecular flexibility index (Phi) is 5.83. The van der Waals surface area contributed by atoms with Crippen LogP contribution in [0, 0.1) is 0 Å². The molecule has 0 spiro atoms. The molecule has 3 nitrogen and oxygen atoms in total. The van der Waals surface area contributed by atoms with E-state index in [1.165, 1.54) is 12.1 Å². The number of alkyl halides is 3. The highest BCUT2D eigenvalue weighted by Crippen LogP contribution is 2.29. The molecule has 0 aliphatic carbocycles. The molecule has 2 rings (SSSR count). The minimum atomic E-state index is -4.28. The standard InChI is InChI=1S/C16H23F3N2O/c1-13(21-7-5-20(6-8-21)9-10-22)11-14-3-2-4-15(12-14)16(17,18)19/h2-4,12-13,22H,5-11H2,1H3/t13-/m0/s1. The molecule has 0 aromatic heterocycles. The quantitative estimate of drug-likeness (QED) is 0.902. The van der Waals surface area contributed by atoms with E-state index in [1.54, 1.807) is 6.07 Å². The molecule has 1 aliphatic rings. The molecular weight excluding hydrogens is 293 g/mol. The second kappa shape index (κ2) is 7.44. The summed E-state index contributed by atoms with van der Waals surface area (Å²) in [5, 5.41) is 8.93. The van der Waals surface area contributed by atoms with Gasteiger partial charge in [-0.05, 0) is 25.0 Å². The van der Waals surface area contributed by atoms with Gasteiger partial charge in [-0.3, -0.25) is 9.80 Å². The van der Waals surface area contributed by atoms with E-state index in [4.69, 9.17) is 5.11 Å². The molecule has 1 heterocycles. The number of halogens is 3. The minimum Gasteiger partial charge on any atom is -0.395 e. The van der Waals surface area contributed by atoms with Crippen LogP contribution in [0.5, 0.6) is 0 Å². The zero-order valence-corrected chi connectivity index (χ0v) is 12.8. The Morgan fingerprint density at radius 3 is 2.45 bits per heavy atom. The number of hydrogen-bond acceptors (Lipinski definition) is 3. The molecule has 1 aliphatic heterocycles. The number of rotatable bonds is 5. The maximum Gasteiger partial charge on any atom is 0.416 e. The number of aliphatic hydroxyl groups excluding tert-OH is 1. The fourth-order valence-corrected chi connectivity index (χ4v) is 2.91. The first-order chi connectivity index (χ1) is 10.4. The monoisotopic (exact) mass is 316 g/mol. The van der Waals surface area contributed by atoms with Gasteiger partial charge in [-0.25, -0.2) is 0 Å². The van der Waals surface area contributed by atoms with Gasteiger partial charge in [-0.2, -0.15) is 13.2 Å². The Balaban J connectivity index is 1.91. The first kappa shape index (κ1) is 17.2. The Morgan fingerprint density at radius 1 is 1.18 bits per heavy atom. The van der Waals surface area contributed by atoms with Crippen LogP contribution in [-0.2, 0) is 12.6 Å². The molecule has 0 radical (unpaired) electrons. The molecule has 1 saturated heterocycles. The maximum absolute atomic E-state index is 12.7. The maximum atomic E-state index is 12.7. The second-order valence-corrected chi connectivity index (χ2v) is 5.85. The van der Waals surface area contributed by atoms with E-state index in [9.17, 15) is 13.2 Å². The second-order valence-electron chi connectivity index (χ2n) is 5.85. The lowest BCUT2D eigenvalue weighted by atomic mass is 10.0. The molecule has 22 heavy (non-hydrogen) atoms. The van der Waals surface area contributed by atoms with E-state index in [1.807, 2.05) is 0 Å². The summed E-state index contributed by atoms with van der Waals surface area (Å²) in [7, 11) is 0. The lowest BCUT2D eigenvalue weighted by Gasteiger charge is -2.38. The van der Waals surface area contributed by atoms with Crippen molar-refractivity contribution in [2.24, 2.45) is 0 Å². The van der Waals surface area contributed by atoms with E-state index < -0.39 is 11.7 Å². The molecule has 1 fully saturated rings. The molecule has 0 unspecified atom stereocenters. The summed E-state index contributed by atoms with van der Waals surface area (Å²) in [4.78, 5) is 4.50. The number of benzene rings is 1. The molecule has 124 valence electrons. The topological polar surface area (TPSA) is 26.7 Å². The molecule has 1 N–H and O–H groups in total. The van der Waals surface area contributed by atoms with Gasteiger partial charge in [0.15, 0.2) is 0 Å². The predicted molar refractivity (Wildman–Crippen MR) is 79.7 cm³/mol. The van der Waals surface area contributed by atoms with Gasteiger partial charge < -0.3 is 5.11 Å². The lowest BCUT2D eigenvalue weighted by Crippen LogP contribution is -2.50. The van der Waals surface area contributed by atoms with Crippen molar-refractivity contribution < 1.29 is 18.3 Å². The van der Waals surface area contributed by atoms with Gasteiger partial charge in [-0.1, -0.05) is 18.2 Å². The van der Waals surface area contributed by atoms with Crippen molar-refractivity contribution in [1.82, 2.24) is 9.80 Å². The zero-order valence-electron chi connectivity index (χ0n) is 12.8. The number of nitrogens with zero attached hydrogens (tertiary/aromatic N) is 2. The van der Waals surface area contributed by atoms with Crippen LogP contribution in [-0.4, -0.2) is 60.3 Å². The van der Waals surface area contributed by atoms with E-state index in [0.29, 0.717) is 13.0 Å². The summed E-state index contributed by atoms with van der Waals surface area (Å²) in [6, 6.07) is 5.80. The van der Waals surface area contributed by atoms with Crippen LogP contribution in [0.1, 0.15) is 18.1 Å². The number of aliphatic hydroxyl groups is 1. The van der Waals surface area contributed by atoms with Gasteiger partial charge in [0, 0.05) is 38.8 Å². The smallest absolute Gasteiger partial charge is 0.395 e. The summed E-state index contributed by atoms with van der Waals surface area (Å²) in [6.45, 7) is 6.48. The summed E-state index contributed by atoms with van der Waals surface area (Å²) < 4.78 is 38.2. The largest absolute Gasteiger partial charge is 0.416 e. The van der Waals surface area contributed by atoms with Crippen molar-refractivity contribution in [3.8, 4) is 0 Å². The number of hydrogen-bond donors (Lipinski definition) is 1. The third-order valence-electron chi connectivity index (χ3n) is 4.23. The molecule has 1 aromatic carbocycles. The van der Waals surface area contributed by atoms with E-state index in [2.05, 4.69) is 16.7 Å². The van der Waals surface area contributed by atoms with Gasteiger partial charge in [0.1, 0.15) is 0 Å². The van der Waals surface area contributed by atoms with Crippen LogP contribution in [0.25, 0.3) is 0 Å². The van der Waals surface area contributed by atoms with Gasteiger partial charge in [-0.15, -0.1) is 0 Å². The zero-order chi connectivity index (χ0) is 16.2. The van der Waals surface area contributed by atoms with E-state index in [-0.39, 0.29) is 12.6 Å². The molecule has 0 amide bonds. The fraction of sp³-hybridized carbons (Fsp3) is 0.625. The van der Waals surface area contributed by atoms with Gasteiger partial charge in [0.05, 0.1) is 12.2 Å². The van der Waals surface area contributed by atoms with Crippen LogP contribution < -0.4 is 0 Å². The molecule has 6 heteroatoms. The Bertz CT molecular complexity index is 471. The van der Waals surface area contributed by atoms with Crippen molar-refractivity contribution in [1.29, 1.82) is 0 Å². The SMILES string of the molecule is C[C@@H](Cc1cccc(C(F)(F)F)c1)N1CCN(CCO)CC1. The predicted octanol–water partition coefficient (Wildman–Crippen LogP) is 2.25. The van der Waals surface area contributed by atoms with Crippen LogP contribution in [0.3, 0.4) is 0 Å². The molecule has 0 saturated carbocycles. The van der Waals surface area contributed by atoms with Crippen molar-refractivity contribution >= 4 is 0 Å². The average molecular weight is 316 g/mol. The highest BCUT2D eigenvalue weighted by atomic mass is 19.4. The van der Waals surface area contributed by atoms with E-state index in [0.717, 1.165) is 37.8 Å². The van der Waals surface area contributed by atoms with Crippen molar-refractivity contribution in [2.45, 2.75) is 25.6 Å². The number of piperazine rings is 1. The van der Waals surface area contributed by atoms with Crippen LogP contribution in [0.15, 0.2) is 24.3 Å².